The number of piperidine rings is 1. The van der Waals surface area contributed by atoms with Gasteiger partial charge in [0.25, 0.3) is 17.7 Å². The second-order valence-electron chi connectivity index (χ2n) is 10.7. The van der Waals surface area contributed by atoms with Gasteiger partial charge >= 0.3 is 0 Å². The lowest BCUT2D eigenvalue weighted by atomic mass is 9.97. The van der Waals surface area contributed by atoms with Gasteiger partial charge in [-0.05, 0) is 50.6 Å². The third-order valence-corrected chi connectivity index (χ3v) is 9.28. The van der Waals surface area contributed by atoms with Gasteiger partial charge in [-0.25, -0.2) is 4.98 Å². The van der Waals surface area contributed by atoms with Crippen LogP contribution in [0.5, 0.6) is 0 Å². The fraction of sp³-hybridized carbons (Fsp3) is 0.481. The van der Waals surface area contributed by atoms with Gasteiger partial charge in [0.05, 0.1) is 17.8 Å². The second-order valence-corrected chi connectivity index (χ2v) is 12.2. The van der Waals surface area contributed by atoms with E-state index in [0.29, 0.717) is 41.5 Å². The van der Waals surface area contributed by atoms with Crippen LogP contribution in [0.4, 0.5) is 0 Å². The minimum absolute atomic E-state index is 0.0609. The predicted molar refractivity (Wildman–Crippen MR) is 148 cm³/mol. The molecule has 10 nitrogen and oxygen atoms in total. The minimum atomic E-state index is -0.753. The van der Waals surface area contributed by atoms with E-state index in [1.807, 2.05) is 6.07 Å². The van der Waals surface area contributed by atoms with E-state index in [-0.39, 0.29) is 30.3 Å². The number of hydrogen-bond acceptors (Lipinski definition) is 7. The summed E-state index contributed by atoms with van der Waals surface area (Å²) in [5.41, 5.74) is 1.44. The zero-order chi connectivity index (χ0) is 27.3. The molecule has 2 aliphatic heterocycles. The van der Waals surface area contributed by atoms with Crippen molar-refractivity contribution in [2.24, 2.45) is 0 Å². The van der Waals surface area contributed by atoms with Crippen molar-refractivity contribution in [3.05, 3.63) is 50.6 Å². The summed E-state index contributed by atoms with van der Waals surface area (Å²) < 4.78 is 5.52. The first-order chi connectivity index (χ1) is 18.7. The van der Waals surface area contributed by atoms with Crippen LogP contribution in [0.3, 0.4) is 0 Å². The number of fused-ring (bicyclic) bond motifs is 2. The Kier molecular flexibility index (Phi) is 6.86. The highest BCUT2D eigenvalue weighted by atomic mass is 35.5. The van der Waals surface area contributed by atoms with Gasteiger partial charge in [0.1, 0.15) is 11.3 Å². The first-order valence-corrected chi connectivity index (χ1v) is 14.4. The molecular weight excluding hydrogens is 540 g/mol. The molecule has 1 aliphatic carbocycles. The fourth-order valence-corrected chi connectivity index (χ4v) is 6.76. The Balaban J connectivity index is 1.21. The summed E-state index contributed by atoms with van der Waals surface area (Å²) in [5.74, 6) is -0.632. The van der Waals surface area contributed by atoms with E-state index in [9.17, 15) is 14.4 Å². The van der Waals surface area contributed by atoms with Crippen LogP contribution in [0, 0.1) is 0 Å². The molecule has 2 atom stereocenters. The Morgan fingerprint density at radius 3 is 2.72 bits per heavy atom. The van der Waals surface area contributed by atoms with Crippen molar-refractivity contribution >= 4 is 51.6 Å². The summed E-state index contributed by atoms with van der Waals surface area (Å²) in [6.45, 7) is 2.42. The number of benzene rings is 1. The van der Waals surface area contributed by atoms with Crippen LogP contribution >= 0.6 is 22.9 Å². The standard InChI is InChI=1S/C27H31ClN6O4S/c1-33-9-5-19-22(14-33)39-25(32-19)24(36)31-21-13-34(26(37)27(38-2)7-8-27)10-6-18(21)30-23(35)20-12-15-11-16(28)3-4-17(15)29-20/h3-4,11-12,18,21,29H,5-10,13-14H2,1-2H3,(H,30,35)(H,31,36). The molecule has 0 bridgehead atoms. The summed E-state index contributed by atoms with van der Waals surface area (Å²) in [6, 6.07) is 6.28. The first-order valence-electron chi connectivity index (χ1n) is 13.2. The van der Waals surface area contributed by atoms with E-state index in [0.717, 1.165) is 41.0 Å². The van der Waals surface area contributed by atoms with Crippen LogP contribution in [-0.4, -0.2) is 89.0 Å². The highest BCUT2D eigenvalue weighted by Crippen LogP contribution is 2.41. The van der Waals surface area contributed by atoms with E-state index in [1.54, 1.807) is 30.2 Å². The third kappa shape index (κ3) is 5.16. The highest BCUT2D eigenvalue weighted by Gasteiger charge is 2.53. The lowest BCUT2D eigenvalue weighted by molar-refractivity contribution is -0.146. The molecule has 2 fully saturated rings. The SMILES string of the molecule is COC1(C(=O)N2CCC(NC(=O)c3cc4cc(Cl)ccc4[nH]3)C(NC(=O)c3nc4c(s3)CN(C)CC4)C2)CC1. The molecule has 2 unspecified atom stereocenters. The normalized spacial score (nSPS) is 22.4. The van der Waals surface area contributed by atoms with E-state index < -0.39 is 11.6 Å². The number of nitrogens with zero attached hydrogens (tertiary/aromatic N) is 3. The Hall–Kier alpha value is -2.99. The average molecular weight is 571 g/mol. The number of methoxy groups -OCH3 is 1. The van der Waals surface area contributed by atoms with Gasteiger partial charge in [-0.15, -0.1) is 11.3 Å². The van der Waals surface area contributed by atoms with Gasteiger partial charge in [0, 0.05) is 60.5 Å². The summed E-state index contributed by atoms with van der Waals surface area (Å²) in [7, 11) is 3.62. The largest absolute Gasteiger partial charge is 0.368 e. The molecular formula is C27H31ClN6O4S. The predicted octanol–water partition coefficient (Wildman–Crippen LogP) is 2.57. The van der Waals surface area contributed by atoms with E-state index in [4.69, 9.17) is 16.3 Å². The number of likely N-dealkylation sites (tertiary alicyclic amines) is 1. The van der Waals surface area contributed by atoms with E-state index in [1.165, 1.54) is 11.3 Å². The zero-order valence-electron chi connectivity index (χ0n) is 21.9. The van der Waals surface area contributed by atoms with Crippen molar-refractivity contribution in [2.75, 3.05) is 33.8 Å². The number of thiazole rings is 1. The van der Waals surface area contributed by atoms with Gasteiger partial charge in [0.15, 0.2) is 5.01 Å². The van der Waals surface area contributed by atoms with Crippen molar-refractivity contribution in [2.45, 2.75) is 49.9 Å². The number of aromatic nitrogens is 2. The van der Waals surface area contributed by atoms with E-state index >= 15 is 0 Å². The molecule has 12 heteroatoms. The lowest BCUT2D eigenvalue weighted by Gasteiger charge is -2.40. The van der Waals surface area contributed by atoms with Crippen molar-refractivity contribution in [1.29, 1.82) is 0 Å². The summed E-state index contributed by atoms with van der Waals surface area (Å²) in [6.07, 6.45) is 2.70. The first kappa shape index (κ1) is 26.2. The molecule has 3 amide bonds. The van der Waals surface area contributed by atoms with Crippen molar-refractivity contribution < 1.29 is 19.1 Å². The smallest absolute Gasteiger partial charge is 0.280 e. The minimum Gasteiger partial charge on any atom is -0.368 e. The van der Waals surface area contributed by atoms with Gasteiger partial charge in [0.2, 0.25) is 0 Å². The summed E-state index contributed by atoms with van der Waals surface area (Å²) in [5, 5.41) is 8.02. The number of carbonyl (C=O) groups is 3. The number of H-pyrrole nitrogens is 1. The molecule has 6 rings (SSSR count). The van der Waals surface area contributed by atoms with Crippen LogP contribution in [0.15, 0.2) is 24.3 Å². The van der Waals surface area contributed by atoms with Crippen molar-refractivity contribution in [3.63, 3.8) is 0 Å². The topological polar surface area (TPSA) is 120 Å². The Morgan fingerprint density at radius 1 is 1.15 bits per heavy atom. The Bertz CT molecular complexity index is 1450. The molecule has 3 N–H and O–H groups in total. The van der Waals surface area contributed by atoms with Gasteiger partial charge in [-0.3, -0.25) is 14.4 Å². The quantitative estimate of drug-likeness (QED) is 0.419. The highest BCUT2D eigenvalue weighted by molar-refractivity contribution is 7.13. The third-order valence-electron chi connectivity index (χ3n) is 7.96. The van der Waals surface area contributed by atoms with Crippen LogP contribution in [-0.2, 0) is 22.5 Å². The number of carbonyl (C=O) groups excluding carboxylic acids is 3. The number of hydrogen-bond donors (Lipinski definition) is 3. The summed E-state index contributed by atoms with van der Waals surface area (Å²) >= 11 is 7.51. The molecule has 1 saturated carbocycles. The maximum absolute atomic E-state index is 13.4. The zero-order valence-corrected chi connectivity index (χ0v) is 23.5. The average Bonchev–Trinajstić information content (AvgIpc) is 3.42. The molecule has 1 aromatic carbocycles. The maximum Gasteiger partial charge on any atom is 0.280 e. The molecule has 0 radical (unpaired) electrons. The monoisotopic (exact) mass is 570 g/mol. The van der Waals surface area contributed by atoms with Crippen LogP contribution in [0.1, 0.15) is 50.1 Å². The van der Waals surface area contributed by atoms with Crippen molar-refractivity contribution in [3.8, 4) is 0 Å². The number of halogens is 1. The van der Waals surface area contributed by atoms with Gasteiger partial charge in [-0.2, -0.15) is 0 Å². The Labute approximate surface area is 235 Å². The molecule has 39 heavy (non-hydrogen) atoms. The van der Waals surface area contributed by atoms with E-state index in [2.05, 4.69) is 32.5 Å². The van der Waals surface area contributed by atoms with Crippen molar-refractivity contribution in [1.82, 2.24) is 30.4 Å². The summed E-state index contributed by atoms with van der Waals surface area (Å²) in [4.78, 5) is 52.7. The molecule has 2 aromatic heterocycles. The lowest BCUT2D eigenvalue weighted by Crippen LogP contribution is -2.62. The molecule has 3 aromatic rings. The maximum atomic E-state index is 13.4. The molecule has 1 saturated heterocycles. The second kappa shape index (κ2) is 10.2. The molecule has 4 heterocycles. The number of nitrogens with one attached hydrogen (secondary N) is 3. The number of amides is 3. The molecule has 206 valence electrons. The Morgan fingerprint density at radius 2 is 1.95 bits per heavy atom. The number of ether oxygens (including phenoxy) is 1. The number of aromatic amines is 1. The van der Waals surface area contributed by atoms with Crippen LogP contribution < -0.4 is 10.6 Å². The van der Waals surface area contributed by atoms with Gasteiger partial charge < -0.3 is 30.2 Å². The molecule has 3 aliphatic rings. The number of rotatable bonds is 6. The van der Waals surface area contributed by atoms with Crippen LogP contribution in [0.2, 0.25) is 5.02 Å². The molecule has 0 spiro atoms. The number of likely N-dealkylation sites (N-methyl/N-ethyl adjacent to an activating group) is 1. The van der Waals surface area contributed by atoms with Crippen LogP contribution in [0.25, 0.3) is 10.9 Å². The van der Waals surface area contributed by atoms with Gasteiger partial charge in [-0.1, -0.05) is 11.6 Å². The fourth-order valence-electron chi connectivity index (χ4n) is 5.48.